The second-order valence-electron chi connectivity index (χ2n) is 15.6. The normalized spacial score (nSPS) is 28.5. The van der Waals surface area contributed by atoms with Gasteiger partial charge in [-0.2, -0.15) is 0 Å². The Hall–Kier alpha value is -2.32. The molecule has 2 aliphatic heterocycles. The number of carbonyl (C=O) groups excluding carboxylic acids is 2. The van der Waals surface area contributed by atoms with Crippen LogP contribution >= 0.6 is 0 Å². The van der Waals surface area contributed by atoms with Gasteiger partial charge < -0.3 is 49.2 Å². The lowest BCUT2D eigenvalue weighted by Crippen LogP contribution is -2.44. The van der Waals surface area contributed by atoms with Gasteiger partial charge in [-0.15, -0.1) is 0 Å². The molecule has 10 unspecified atom stereocenters. The van der Waals surface area contributed by atoms with Crippen molar-refractivity contribution in [1.82, 2.24) is 10.2 Å². The number of esters is 1. The summed E-state index contributed by atoms with van der Waals surface area (Å²) < 4.78 is 27.8. The van der Waals surface area contributed by atoms with Crippen LogP contribution in [0.15, 0.2) is 36.0 Å². The minimum atomic E-state index is -1.45. The van der Waals surface area contributed by atoms with Crippen molar-refractivity contribution in [2.45, 2.75) is 148 Å². The fraction of sp³-hybridized carbons (Fsp3) is 0.810. The number of alkyl carbamates (subject to hydrolysis) is 1. The molecule has 2 heterocycles. The third-order valence-corrected chi connectivity index (χ3v) is 10.4. The SMILES string of the molecule is CCCNC(=O)OC1/C=C/C(C)C(C/C(C)=C/C=C/CC(C)C(O)C(CC(C)C(CC)OC)OC)OC(=O)CC(O)CCC1(C)O.CN1CCCOCC1. The molecular weight excluding hydrogens is 692 g/mol. The molecule has 0 bridgehead atoms. The zero-order valence-electron chi connectivity index (χ0n) is 35.1. The zero-order valence-corrected chi connectivity index (χ0v) is 35.1. The lowest BCUT2D eigenvalue weighted by molar-refractivity contribution is -0.153. The van der Waals surface area contributed by atoms with E-state index < -0.39 is 42.1 Å². The van der Waals surface area contributed by atoms with Gasteiger partial charge >= 0.3 is 12.1 Å². The maximum atomic E-state index is 12.7. The van der Waals surface area contributed by atoms with Gasteiger partial charge in [-0.25, -0.2) is 4.79 Å². The molecule has 2 rings (SSSR count). The number of nitrogens with zero attached hydrogens (tertiary/aromatic N) is 1. The van der Waals surface area contributed by atoms with Crippen molar-refractivity contribution in [3.05, 3.63) is 36.0 Å². The van der Waals surface area contributed by atoms with Crippen LogP contribution in [0.3, 0.4) is 0 Å². The molecule has 0 spiro atoms. The lowest BCUT2D eigenvalue weighted by Gasteiger charge is -2.32. The summed E-state index contributed by atoms with van der Waals surface area (Å²) in [5, 5.41) is 35.3. The zero-order chi connectivity index (χ0) is 40.7. The van der Waals surface area contributed by atoms with Crippen LogP contribution in [0.2, 0.25) is 0 Å². The van der Waals surface area contributed by atoms with E-state index in [1.54, 1.807) is 33.3 Å². The number of methoxy groups -OCH3 is 2. The summed E-state index contributed by atoms with van der Waals surface area (Å²) in [6.07, 6.45) is 10.2. The van der Waals surface area contributed by atoms with Crippen molar-refractivity contribution in [3.8, 4) is 0 Å². The van der Waals surface area contributed by atoms with Crippen molar-refractivity contribution >= 4 is 12.1 Å². The van der Waals surface area contributed by atoms with E-state index in [9.17, 15) is 24.9 Å². The maximum Gasteiger partial charge on any atom is 0.407 e. The number of cyclic esters (lactones) is 1. The summed E-state index contributed by atoms with van der Waals surface area (Å²) >= 11 is 0. The molecule has 4 N–H and O–H groups in total. The van der Waals surface area contributed by atoms with Gasteiger partial charge in [-0.05, 0) is 83.8 Å². The van der Waals surface area contributed by atoms with Crippen LogP contribution in [0.4, 0.5) is 4.79 Å². The van der Waals surface area contributed by atoms with Gasteiger partial charge in [0, 0.05) is 52.8 Å². The summed E-state index contributed by atoms with van der Waals surface area (Å²) in [7, 11) is 5.48. The third-order valence-electron chi connectivity index (χ3n) is 10.4. The molecule has 0 aromatic rings. The van der Waals surface area contributed by atoms with Crippen LogP contribution in [0, 0.1) is 17.8 Å². The number of allylic oxidation sites excluding steroid dienone is 3. The lowest BCUT2D eigenvalue weighted by atomic mass is 9.88. The molecular formula is C42H76N2O10. The number of aliphatic hydroxyl groups is 3. The molecule has 0 aromatic heterocycles. The molecule has 1 amide bonds. The van der Waals surface area contributed by atoms with Crippen molar-refractivity contribution in [2.75, 3.05) is 54.1 Å². The monoisotopic (exact) mass is 769 g/mol. The predicted octanol–water partition coefficient (Wildman–Crippen LogP) is 5.98. The summed E-state index contributed by atoms with van der Waals surface area (Å²) in [6, 6.07) is 0. The Morgan fingerprint density at radius 1 is 1.13 bits per heavy atom. The van der Waals surface area contributed by atoms with Crippen molar-refractivity contribution < 1.29 is 48.6 Å². The largest absolute Gasteiger partial charge is 0.461 e. The van der Waals surface area contributed by atoms with Crippen LogP contribution in [-0.4, -0.2) is 129 Å². The van der Waals surface area contributed by atoms with Gasteiger partial charge in [-0.1, -0.05) is 64.5 Å². The molecule has 12 heteroatoms. The van der Waals surface area contributed by atoms with Crippen LogP contribution < -0.4 is 5.32 Å². The molecule has 10 atom stereocenters. The first-order valence-electron chi connectivity index (χ1n) is 20.1. The van der Waals surface area contributed by atoms with Gasteiger partial charge in [0.1, 0.15) is 11.7 Å². The molecule has 314 valence electrons. The number of hydrogen-bond donors (Lipinski definition) is 4. The number of aliphatic hydroxyl groups excluding tert-OH is 2. The minimum absolute atomic E-state index is 0.0231. The van der Waals surface area contributed by atoms with Gasteiger partial charge in [-0.3, -0.25) is 4.79 Å². The van der Waals surface area contributed by atoms with E-state index in [2.05, 4.69) is 31.1 Å². The van der Waals surface area contributed by atoms with E-state index in [0.717, 1.165) is 38.2 Å². The van der Waals surface area contributed by atoms with Crippen LogP contribution in [0.1, 0.15) is 106 Å². The molecule has 1 fully saturated rings. The molecule has 0 aromatic carbocycles. The molecule has 0 radical (unpaired) electrons. The summed E-state index contributed by atoms with van der Waals surface area (Å²) in [6.45, 7) is 18.2. The summed E-state index contributed by atoms with van der Waals surface area (Å²) in [5.41, 5.74) is -0.476. The van der Waals surface area contributed by atoms with E-state index in [-0.39, 0.29) is 49.2 Å². The molecule has 0 saturated carbocycles. The fourth-order valence-electron chi connectivity index (χ4n) is 6.59. The Kier molecular flexibility index (Phi) is 25.1. The first-order chi connectivity index (χ1) is 25.6. The Morgan fingerprint density at radius 2 is 1.83 bits per heavy atom. The van der Waals surface area contributed by atoms with Crippen molar-refractivity contribution in [2.24, 2.45) is 17.8 Å². The number of hydrogen-bond acceptors (Lipinski definition) is 11. The Bertz CT molecular complexity index is 1120. The van der Waals surface area contributed by atoms with Crippen molar-refractivity contribution in [3.63, 3.8) is 0 Å². The van der Waals surface area contributed by atoms with Crippen LogP contribution in [0.25, 0.3) is 0 Å². The van der Waals surface area contributed by atoms with Gasteiger partial charge in [0.2, 0.25) is 0 Å². The Labute approximate surface area is 326 Å². The molecule has 0 aliphatic carbocycles. The smallest absolute Gasteiger partial charge is 0.407 e. The number of nitrogens with one attached hydrogen (secondary N) is 1. The van der Waals surface area contributed by atoms with Crippen molar-refractivity contribution in [1.29, 1.82) is 0 Å². The standard InChI is InChI=1S/C36H63NO9.C6H13NO/c1-10-20-37-35(41)46-32-17-16-25(4)30(45-33(39)23-28(38)18-19-36(32,7)42)21-24(3)14-12-13-15-26(5)34(40)31(44-9)22-27(6)29(11-2)43-8;1-7-3-2-5-8-6-4-7/h12-14,16-17,25-32,34,38,40,42H,10-11,15,18-23H2,1-9H3,(H,37,41);2-6H2,1H3/b13-12+,17-16+,24-14+;. The molecule has 1 saturated heterocycles. The maximum absolute atomic E-state index is 12.7. The average molecular weight is 769 g/mol. The topological polar surface area (TPSA) is 156 Å². The quantitative estimate of drug-likeness (QED) is 0.0833. The summed E-state index contributed by atoms with van der Waals surface area (Å²) in [4.78, 5) is 27.4. The van der Waals surface area contributed by atoms with Crippen LogP contribution in [0.5, 0.6) is 0 Å². The summed E-state index contributed by atoms with van der Waals surface area (Å²) in [5.74, 6) is -0.550. The minimum Gasteiger partial charge on any atom is -0.461 e. The molecule has 2 aliphatic rings. The highest BCUT2D eigenvalue weighted by atomic mass is 16.6. The molecule has 54 heavy (non-hydrogen) atoms. The average Bonchev–Trinajstić information content (AvgIpc) is 3.39. The van der Waals surface area contributed by atoms with E-state index in [0.29, 0.717) is 25.8 Å². The second-order valence-corrected chi connectivity index (χ2v) is 15.6. The first-order valence-corrected chi connectivity index (χ1v) is 20.1. The number of rotatable bonds is 16. The highest BCUT2D eigenvalue weighted by Gasteiger charge is 2.35. The second kappa shape index (κ2) is 27.3. The number of amides is 1. The Morgan fingerprint density at radius 3 is 2.48 bits per heavy atom. The highest BCUT2D eigenvalue weighted by Crippen LogP contribution is 2.27. The van der Waals surface area contributed by atoms with Gasteiger partial charge in [0.05, 0.1) is 37.4 Å². The molecule has 12 nitrogen and oxygen atoms in total. The highest BCUT2D eigenvalue weighted by molar-refractivity contribution is 5.70. The first kappa shape index (κ1) is 49.7. The van der Waals surface area contributed by atoms with E-state index in [1.807, 2.05) is 45.9 Å². The Balaban J connectivity index is 0.00000160. The van der Waals surface area contributed by atoms with Crippen LogP contribution in [-0.2, 0) is 28.5 Å². The van der Waals surface area contributed by atoms with Gasteiger partial charge in [0.25, 0.3) is 0 Å². The van der Waals surface area contributed by atoms with E-state index in [4.69, 9.17) is 23.7 Å². The number of carbonyl (C=O) groups is 2. The number of ether oxygens (including phenoxy) is 5. The predicted molar refractivity (Wildman–Crippen MR) is 213 cm³/mol. The van der Waals surface area contributed by atoms with E-state index >= 15 is 0 Å². The van der Waals surface area contributed by atoms with E-state index in [1.165, 1.54) is 13.0 Å². The number of likely N-dealkylation sites (N-methyl/N-ethyl adjacent to an activating group) is 1. The third kappa shape index (κ3) is 20.0. The van der Waals surface area contributed by atoms with Gasteiger partial charge in [0.15, 0.2) is 6.10 Å². The fourth-order valence-corrected chi connectivity index (χ4v) is 6.59.